The van der Waals surface area contributed by atoms with Crippen molar-refractivity contribution in [3.05, 3.63) is 30.9 Å². The van der Waals surface area contributed by atoms with Crippen LogP contribution >= 0.6 is 0 Å². The van der Waals surface area contributed by atoms with E-state index in [2.05, 4.69) is 11.5 Å². The van der Waals surface area contributed by atoms with Crippen molar-refractivity contribution in [2.24, 2.45) is 0 Å². The van der Waals surface area contributed by atoms with Crippen molar-refractivity contribution in [2.45, 2.75) is 13.0 Å². The SMILES string of the molecule is C=CCN1CCN(c2ccc3c(c2)OCO3)C(=O)C1C. The number of anilines is 1. The molecule has 5 nitrogen and oxygen atoms in total. The zero-order valence-electron chi connectivity index (χ0n) is 11.5. The molecule has 1 unspecified atom stereocenters. The predicted molar refractivity (Wildman–Crippen MR) is 76.2 cm³/mol. The second-order valence-corrected chi connectivity index (χ2v) is 4.99. The molecule has 1 amide bonds. The lowest BCUT2D eigenvalue weighted by molar-refractivity contribution is -0.124. The van der Waals surface area contributed by atoms with Gasteiger partial charge in [-0.05, 0) is 19.1 Å². The van der Waals surface area contributed by atoms with Gasteiger partial charge in [0.05, 0.1) is 6.04 Å². The molecule has 0 saturated carbocycles. The quantitative estimate of drug-likeness (QED) is 0.786. The molecule has 1 fully saturated rings. The van der Waals surface area contributed by atoms with E-state index in [1.165, 1.54) is 0 Å². The average molecular weight is 274 g/mol. The van der Waals surface area contributed by atoms with E-state index in [0.29, 0.717) is 12.3 Å². The van der Waals surface area contributed by atoms with Crippen LogP contribution in [0.3, 0.4) is 0 Å². The number of carbonyl (C=O) groups excluding carboxylic acids is 1. The molecule has 0 aromatic heterocycles. The third-order valence-corrected chi connectivity index (χ3v) is 3.81. The minimum absolute atomic E-state index is 0.108. The molecule has 1 saturated heterocycles. The van der Waals surface area contributed by atoms with Crippen molar-refractivity contribution >= 4 is 11.6 Å². The number of hydrogen-bond donors (Lipinski definition) is 0. The summed E-state index contributed by atoms with van der Waals surface area (Å²) in [6, 6.07) is 5.50. The van der Waals surface area contributed by atoms with Crippen LogP contribution in [0, 0.1) is 0 Å². The lowest BCUT2D eigenvalue weighted by Crippen LogP contribution is -2.55. The van der Waals surface area contributed by atoms with Gasteiger partial charge in [-0.1, -0.05) is 6.08 Å². The first-order valence-corrected chi connectivity index (χ1v) is 6.76. The van der Waals surface area contributed by atoms with Crippen molar-refractivity contribution < 1.29 is 14.3 Å². The molecule has 0 radical (unpaired) electrons. The smallest absolute Gasteiger partial charge is 0.244 e. The highest BCUT2D eigenvalue weighted by Gasteiger charge is 2.32. The molecule has 5 heteroatoms. The van der Waals surface area contributed by atoms with Gasteiger partial charge < -0.3 is 14.4 Å². The fourth-order valence-corrected chi connectivity index (χ4v) is 2.64. The van der Waals surface area contributed by atoms with E-state index in [0.717, 1.165) is 24.5 Å². The van der Waals surface area contributed by atoms with Crippen LogP contribution in [0.2, 0.25) is 0 Å². The van der Waals surface area contributed by atoms with E-state index in [1.807, 2.05) is 36.1 Å². The van der Waals surface area contributed by atoms with Gasteiger partial charge in [-0.25, -0.2) is 0 Å². The maximum absolute atomic E-state index is 12.5. The summed E-state index contributed by atoms with van der Waals surface area (Å²) in [5, 5.41) is 0. The minimum Gasteiger partial charge on any atom is -0.454 e. The third kappa shape index (κ3) is 2.14. The molecule has 0 aliphatic carbocycles. The van der Waals surface area contributed by atoms with Crippen LogP contribution in [0.5, 0.6) is 11.5 Å². The molecular weight excluding hydrogens is 256 g/mol. The summed E-state index contributed by atoms with van der Waals surface area (Å²) in [6.07, 6.45) is 1.83. The largest absolute Gasteiger partial charge is 0.454 e. The number of piperazine rings is 1. The highest BCUT2D eigenvalue weighted by molar-refractivity contribution is 5.98. The number of benzene rings is 1. The fourth-order valence-electron chi connectivity index (χ4n) is 2.64. The number of hydrogen-bond acceptors (Lipinski definition) is 4. The monoisotopic (exact) mass is 274 g/mol. The lowest BCUT2D eigenvalue weighted by atomic mass is 10.1. The Kier molecular flexibility index (Phi) is 3.36. The van der Waals surface area contributed by atoms with Crippen LogP contribution in [0.1, 0.15) is 6.92 Å². The van der Waals surface area contributed by atoms with Crippen molar-refractivity contribution in [3.63, 3.8) is 0 Å². The molecule has 2 aliphatic heterocycles. The Morgan fingerprint density at radius 2 is 2.15 bits per heavy atom. The number of amides is 1. The first-order chi connectivity index (χ1) is 9.70. The Balaban J connectivity index is 1.81. The average Bonchev–Trinajstić information content (AvgIpc) is 2.91. The van der Waals surface area contributed by atoms with Crippen LogP contribution in [0.4, 0.5) is 5.69 Å². The number of carbonyl (C=O) groups is 1. The topological polar surface area (TPSA) is 42.0 Å². The number of nitrogens with zero attached hydrogens (tertiary/aromatic N) is 2. The normalized spacial score (nSPS) is 22.1. The predicted octanol–water partition coefficient (Wildman–Crippen LogP) is 1.64. The summed E-state index contributed by atoms with van der Waals surface area (Å²) in [7, 11) is 0. The number of rotatable bonds is 3. The summed E-state index contributed by atoms with van der Waals surface area (Å²) in [6.45, 7) is 8.17. The highest BCUT2D eigenvalue weighted by Crippen LogP contribution is 2.36. The Labute approximate surface area is 118 Å². The van der Waals surface area contributed by atoms with Crippen LogP contribution in [-0.2, 0) is 4.79 Å². The van der Waals surface area contributed by atoms with Crippen LogP contribution in [0.25, 0.3) is 0 Å². The number of ether oxygens (including phenoxy) is 2. The molecule has 106 valence electrons. The Morgan fingerprint density at radius 1 is 1.35 bits per heavy atom. The molecule has 2 aliphatic rings. The Hall–Kier alpha value is -2.01. The summed E-state index contributed by atoms with van der Waals surface area (Å²) in [5.41, 5.74) is 0.865. The minimum atomic E-state index is -0.132. The molecule has 3 rings (SSSR count). The molecule has 0 bridgehead atoms. The van der Waals surface area contributed by atoms with Crippen molar-refractivity contribution in [1.29, 1.82) is 0 Å². The summed E-state index contributed by atoms with van der Waals surface area (Å²) >= 11 is 0. The third-order valence-electron chi connectivity index (χ3n) is 3.81. The standard InChI is InChI=1S/C15H18N2O3/c1-3-6-16-7-8-17(15(18)11(16)2)12-4-5-13-14(9-12)20-10-19-13/h3-5,9,11H,1,6-8,10H2,2H3. The van der Waals surface area contributed by atoms with Crippen LogP contribution < -0.4 is 14.4 Å². The summed E-state index contributed by atoms with van der Waals surface area (Å²) < 4.78 is 10.7. The van der Waals surface area contributed by atoms with Gasteiger partial charge in [0.2, 0.25) is 12.7 Å². The first kappa shape index (κ1) is 13.0. The maximum atomic E-state index is 12.5. The lowest BCUT2D eigenvalue weighted by Gasteiger charge is -2.38. The number of fused-ring (bicyclic) bond motifs is 1. The van der Waals surface area contributed by atoms with Crippen molar-refractivity contribution in [1.82, 2.24) is 4.90 Å². The fraction of sp³-hybridized carbons (Fsp3) is 0.400. The zero-order valence-corrected chi connectivity index (χ0v) is 11.5. The van der Waals surface area contributed by atoms with Gasteiger partial charge in [0.1, 0.15) is 0 Å². The second-order valence-electron chi connectivity index (χ2n) is 4.99. The van der Waals surface area contributed by atoms with E-state index in [9.17, 15) is 4.79 Å². The van der Waals surface area contributed by atoms with Gasteiger partial charge in [0.15, 0.2) is 11.5 Å². The Morgan fingerprint density at radius 3 is 2.95 bits per heavy atom. The van der Waals surface area contributed by atoms with Crippen LogP contribution in [-0.4, -0.2) is 43.3 Å². The van der Waals surface area contributed by atoms with E-state index in [1.54, 1.807) is 0 Å². The van der Waals surface area contributed by atoms with E-state index < -0.39 is 0 Å². The van der Waals surface area contributed by atoms with Gasteiger partial charge >= 0.3 is 0 Å². The van der Waals surface area contributed by atoms with Gasteiger partial charge in [-0.2, -0.15) is 0 Å². The first-order valence-electron chi connectivity index (χ1n) is 6.76. The molecule has 1 aromatic carbocycles. The van der Waals surface area contributed by atoms with Gasteiger partial charge in [0, 0.05) is 31.4 Å². The van der Waals surface area contributed by atoms with Gasteiger partial charge in [-0.15, -0.1) is 6.58 Å². The van der Waals surface area contributed by atoms with E-state index >= 15 is 0 Å². The van der Waals surface area contributed by atoms with Gasteiger partial charge in [-0.3, -0.25) is 9.69 Å². The van der Waals surface area contributed by atoms with Gasteiger partial charge in [0.25, 0.3) is 0 Å². The highest BCUT2D eigenvalue weighted by atomic mass is 16.7. The summed E-state index contributed by atoms with van der Waals surface area (Å²) in [4.78, 5) is 16.4. The molecule has 20 heavy (non-hydrogen) atoms. The maximum Gasteiger partial charge on any atom is 0.244 e. The van der Waals surface area contributed by atoms with Crippen molar-refractivity contribution in [3.8, 4) is 11.5 Å². The zero-order chi connectivity index (χ0) is 14.1. The molecule has 0 spiro atoms. The molecule has 1 aromatic rings. The molecule has 2 heterocycles. The molecular formula is C15H18N2O3. The molecule has 0 N–H and O–H groups in total. The van der Waals surface area contributed by atoms with E-state index in [4.69, 9.17) is 9.47 Å². The van der Waals surface area contributed by atoms with Crippen molar-refractivity contribution in [2.75, 3.05) is 31.3 Å². The Bertz CT molecular complexity index is 544. The van der Waals surface area contributed by atoms with Crippen LogP contribution in [0.15, 0.2) is 30.9 Å². The second kappa shape index (κ2) is 5.17. The molecule has 1 atom stereocenters. The van der Waals surface area contributed by atoms with E-state index in [-0.39, 0.29) is 18.7 Å². The summed E-state index contributed by atoms with van der Waals surface area (Å²) in [5.74, 6) is 1.55.